The van der Waals surface area contributed by atoms with Crippen LogP contribution in [-0.2, 0) is 24.8 Å². The first kappa shape index (κ1) is 18.0. The van der Waals surface area contributed by atoms with Gasteiger partial charge in [-0.25, -0.2) is 4.99 Å². The van der Waals surface area contributed by atoms with Gasteiger partial charge >= 0.3 is 0 Å². The first-order valence-electron chi connectivity index (χ1n) is 8.87. The van der Waals surface area contributed by atoms with E-state index in [0.717, 1.165) is 30.1 Å². The van der Waals surface area contributed by atoms with Gasteiger partial charge in [0.05, 0.1) is 17.6 Å². The van der Waals surface area contributed by atoms with Gasteiger partial charge in [0.2, 0.25) is 5.91 Å². The van der Waals surface area contributed by atoms with Crippen LogP contribution in [0.4, 0.5) is 5.69 Å². The number of piperazine rings is 1. The fraction of sp³-hybridized carbons (Fsp3) is 0.529. The minimum atomic E-state index is 0.0304. The maximum absolute atomic E-state index is 12.6. The summed E-state index contributed by atoms with van der Waals surface area (Å²) in [6.07, 6.45) is 4.39. The zero-order valence-corrected chi connectivity index (χ0v) is 15.5. The lowest BCUT2D eigenvalue weighted by atomic mass is 10.3. The number of carbonyl (C=O) groups excluding carboxylic acids is 1. The highest BCUT2D eigenvalue weighted by Crippen LogP contribution is 2.16. The lowest BCUT2D eigenvalue weighted by Crippen LogP contribution is -2.55. The molecule has 26 heavy (non-hydrogen) atoms. The van der Waals surface area contributed by atoms with Gasteiger partial charge in [-0.1, -0.05) is 12.1 Å². The van der Waals surface area contributed by atoms with Crippen LogP contribution < -0.4 is 10.2 Å². The molecule has 1 aliphatic rings. The van der Waals surface area contributed by atoms with Crippen LogP contribution in [0.3, 0.4) is 0 Å². The summed E-state index contributed by atoms with van der Waals surface area (Å²) in [5.41, 5.74) is 1.74. The molecular weight excluding hydrogens is 334 g/mol. The number of aryl methyl sites for hydroxylation is 2. The van der Waals surface area contributed by atoms with Crippen LogP contribution in [0.25, 0.3) is 0 Å². The number of aliphatic imine (C=N–C) groups is 1. The monoisotopic (exact) mass is 359 g/mol. The molecule has 1 amide bonds. The Bertz CT molecular complexity index is 780. The average molecular weight is 359 g/mol. The third-order valence-electron chi connectivity index (χ3n) is 4.21. The molecule has 9 heteroatoms. The van der Waals surface area contributed by atoms with E-state index in [2.05, 4.69) is 20.6 Å². The maximum Gasteiger partial charge on any atom is 0.246 e. The predicted molar refractivity (Wildman–Crippen MR) is 97.8 cm³/mol. The number of anilines is 1. The smallest absolute Gasteiger partial charge is 0.246 e. The number of rotatable bonds is 5. The highest BCUT2D eigenvalue weighted by molar-refractivity contribution is 5.98. The van der Waals surface area contributed by atoms with Gasteiger partial charge in [-0.2, -0.15) is 5.10 Å². The first-order valence-corrected chi connectivity index (χ1v) is 8.87. The third kappa shape index (κ3) is 4.04. The number of nitrogens with one attached hydrogen (secondary N) is 1. The molecular formula is C17H25N7O2. The average Bonchev–Trinajstić information content (AvgIpc) is 3.27. The number of carbonyl (C=O) groups is 1. The molecule has 3 heterocycles. The molecule has 3 rings (SSSR count). The van der Waals surface area contributed by atoms with Gasteiger partial charge in [0, 0.05) is 38.9 Å². The van der Waals surface area contributed by atoms with Crippen LogP contribution in [0.2, 0.25) is 0 Å². The molecule has 2 aromatic rings. The first-order chi connectivity index (χ1) is 12.6. The second kappa shape index (κ2) is 8.03. The minimum Gasteiger partial charge on any atom is -0.359 e. The summed E-state index contributed by atoms with van der Waals surface area (Å²) in [5.74, 6) is 1.46. The van der Waals surface area contributed by atoms with Crippen molar-refractivity contribution >= 4 is 17.6 Å². The van der Waals surface area contributed by atoms with Gasteiger partial charge in [-0.3, -0.25) is 9.48 Å². The molecule has 0 aliphatic carbocycles. The van der Waals surface area contributed by atoms with Gasteiger partial charge in [0.25, 0.3) is 0 Å². The molecule has 0 aromatic carbocycles. The van der Waals surface area contributed by atoms with E-state index >= 15 is 0 Å². The third-order valence-corrected chi connectivity index (χ3v) is 4.21. The van der Waals surface area contributed by atoms with E-state index in [9.17, 15) is 4.79 Å². The topological polar surface area (TPSA) is 91.8 Å². The summed E-state index contributed by atoms with van der Waals surface area (Å²) in [7, 11) is 1.84. The van der Waals surface area contributed by atoms with Gasteiger partial charge in [0.1, 0.15) is 13.1 Å². The lowest BCUT2D eigenvalue weighted by Gasteiger charge is -2.35. The van der Waals surface area contributed by atoms with E-state index in [-0.39, 0.29) is 12.5 Å². The Hall–Kier alpha value is -2.84. The van der Waals surface area contributed by atoms with E-state index in [0.29, 0.717) is 25.6 Å². The van der Waals surface area contributed by atoms with Gasteiger partial charge in [-0.15, -0.1) is 0 Å². The molecule has 0 saturated carbocycles. The van der Waals surface area contributed by atoms with Crippen molar-refractivity contribution in [3.05, 3.63) is 29.9 Å². The number of nitrogens with zero attached hydrogens (tertiary/aromatic N) is 6. The fourth-order valence-electron chi connectivity index (χ4n) is 2.85. The number of hydrogen-bond acceptors (Lipinski definition) is 5. The Kier molecular flexibility index (Phi) is 5.55. The van der Waals surface area contributed by atoms with Crippen LogP contribution in [0.5, 0.6) is 0 Å². The number of guanidine groups is 1. The van der Waals surface area contributed by atoms with E-state index in [1.807, 2.05) is 38.1 Å². The molecule has 9 nitrogen and oxygen atoms in total. The van der Waals surface area contributed by atoms with Gasteiger partial charge in [0.15, 0.2) is 11.7 Å². The van der Waals surface area contributed by atoms with Gasteiger partial charge < -0.3 is 19.6 Å². The number of aromatic nitrogens is 3. The van der Waals surface area contributed by atoms with Crippen molar-refractivity contribution in [2.24, 2.45) is 12.0 Å². The number of amides is 1. The Balaban J connectivity index is 1.66. The van der Waals surface area contributed by atoms with Crippen molar-refractivity contribution in [1.29, 1.82) is 0 Å². The fourth-order valence-corrected chi connectivity index (χ4v) is 2.85. The van der Waals surface area contributed by atoms with Crippen LogP contribution in [-0.4, -0.2) is 57.9 Å². The largest absolute Gasteiger partial charge is 0.359 e. The standard InChI is InChI=1S/C17H25N7O2/c1-4-13-8-15(26-21-13)10-19-17(18-5-2)23-6-7-24(16(25)12-23)14-9-20-22(3)11-14/h8-9,11H,4-7,10,12H2,1-3H3,(H,18,19). The quantitative estimate of drug-likeness (QED) is 0.627. The second-order valence-electron chi connectivity index (χ2n) is 6.15. The summed E-state index contributed by atoms with van der Waals surface area (Å²) < 4.78 is 6.98. The normalized spacial score (nSPS) is 15.7. The Morgan fingerprint density at radius 1 is 1.38 bits per heavy atom. The Morgan fingerprint density at radius 2 is 2.23 bits per heavy atom. The van der Waals surface area contributed by atoms with Crippen LogP contribution >= 0.6 is 0 Å². The van der Waals surface area contributed by atoms with Crippen LogP contribution in [0, 0.1) is 0 Å². The zero-order valence-electron chi connectivity index (χ0n) is 15.5. The lowest BCUT2D eigenvalue weighted by molar-refractivity contribution is -0.120. The Morgan fingerprint density at radius 3 is 2.85 bits per heavy atom. The second-order valence-corrected chi connectivity index (χ2v) is 6.15. The molecule has 1 saturated heterocycles. The SMILES string of the molecule is CCNC(=NCc1cc(CC)no1)N1CCN(c2cnn(C)c2)C(=O)C1. The molecule has 0 spiro atoms. The van der Waals surface area contributed by atoms with E-state index < -0.39 is 0 Å². The zero-order chi connectivity index (χ0) is 18.5. The van der Waals surface area contributed by atoms with Crippen molar-refractivity contribution in [3.8, 4) is 0 Å². The summed E-state index contributed by atoms with van der Waals surface area (Å²) in [6, 6.07) is 1.92. The molecule has 1 N–H and O–H groups in total. The van der Waals surface area contributed by atoms with E-state index in [1.165, 1.54) is 0 Å². The molecule has 0 unspecified atom stereocenters. The molecule has 0 atom stereocenters. The van der Waals surface area contributed by atoms with Crippen LogP contribution in [0.1, 0.15) is 25.3 Å². The summed E-state index contributed by atoms with van der Waals surface area (Å²) in [6.45, 7) is 6.73. The van der Waals surface area contributed by atoms with Crippen molar-refractivity contribution in [2.75, 3.05) is 31.1 Å². The molecule has 1 fully saturated rings. The molecule has 1 aliphatic heterocycles. The molecule has 0 bridgehead atoms. The summed E-state index contributed by atoms with van der Waals surface area (Å²) in [5, 5.41) is 11.4. The van der Waals surface area contributed by atoms with Crippen molar-refractivity contribution in [3.63, 3.8) is 0 Å². The Labute approximate surface area is 152 Å². The van der Waals surface area contributed by atoms with Gasteiger partial charge in [-0.05, 0) is 13.3 Å². The van der Waals surface area contributed by atoms with Crippen molar-refractivity contribution in [1.82, 2.24) is 25.2 Å². The summed E-state index contributed by atoms with van der Waals surface area (Å²) >= 11 is 0. The molecule has 140 valence electrons. The van der Waals surface area contributed by atoms with E-state index in [1.54, 1.807) is 15.8 Å². The van der Waals surface area contributed by atoms with E-state index in [4.69, 9.17) is 4.52 Å². The van der Waals surface area contributed by atoms with Crippen molar-refractivity contribution in [2.45, 2.75) is 26.8 Å². The van der Waals surface area contributed by atoms with Crippen LogP contribution in [0.15, 0.2) is 28.0 Å². The minimum absolute atomic E-state index is 0.0304. The molecule has 2 aromatic heterocycles. The highest BCUT2D eigenvalue weighted by atomic mass is 16.5. The predicted octanol–water partition coefficient (Wildman–Crippen LogP) is 0.785. The molecule has 0 radical (unpaired) electrons. The van der Waals surface area contributed by atoms with Crippen molar-refractivity contribution < 1.29 is 9.32 Å². The highest BCUT2D eigenvalue weighted by Gasteiger charge is 2.27. The summed E-state index contributed by atoms with van der Waals surface area (Å²) in [4.78, 5) is 20.9. The maximum atomic E-state index is 12.6. The number of hydrogen-bond donors (Lipinski definition) is 1.